The van der Waals surface area contributed by atoms with Crippen molar-refractivity contribution in [2.75, 3.05) is 6.61 Å². The molecule has 0 spiro atoms. The number of nitrogens with zero attached hydrogens (tertiary/aromatic N) is 1. The zero-order chi connectivity index (χ0) is 10.1. The summed E-state index contributed by atoms with van der Waals surface area (Å²) in [4.78, 5) is 15.3. The number of aromatic carboxylic acids is 1. The van der Waals surface area contributed by atoms with Crippen LogP contribution in [0.2, 0.25) is 0 Å². The fourth-order valence-corrected chi connectivity index (χ4v) is 1.67. The highest BCUT2D eigenvalue weighted by Gasteiger charge is 2.19. The molecule has 1 aliphatic rings. The molecule has 4 nitrogen and oxygen atoms in total. The minimum Gasteiger partial charge on any atom is -0.478 e. The van der Waals surface area contributed by atoms with Crippen molar-refractivity contribution in [3.05, 3.63) is 28.6 Å². The number of pyridine rings is 1. The van der Waals surface area contributed by atoms with Crippen LogP contribution in [-0.4, -0.2) is 22.7 Å². The van der Waals surface area contributed by atoms with E-state index in [1.807, 2.05) is 6.92 Å². The van der Waals surface area contributed by atoms with E-state index >= 15 is 0 Å². The average molecular weight is 193 g/mol. The van der Waals surface area contributed by atoms with Crippen LogP contribution in [0.3, 0.4) is 0 Å². The summed E-state index contributed by atoms with van der Waals surface area (Å²) in [5, 5.41) is 8.98. The summed E-state index contributed by atoms with van der Waals surface area (Å²) < 4.78 is 5.22. The number of ether oxygens (including phenoxy) is 1. The Kier molecular flexibility index (Phi) is 2.21. The molecule has 0 amide bonds. The highest BCUT2D eigenvalue weighted by Crippen LogP contribution is 2.20. The Balaban J connectivity index is 2.58. The summed E-state index contributed by atoms with van der Waals surface area (Å²) in [5.74, 6) is -0.905. The third-order valence-corrected chi connectivity index (χ3v) is 2.30. The van der Waals surface area contributed by atoms with E-state index in [1.165, 1.54) is 0 Å². The van der Waals surface area contributed by atoms with Gasteiger partial charge in [-0.1, -0.05) is 0 Å². The van der Waals surface area contributed by atoms with Gasteiger partial charge in [-0.2, -0.15) is 0 Å². The van der Waals surface area contributed by atoms with Crippen LogP contribution in [0, 0.1) is 6.92 Å². The first-order chi connectivity index (χ1) is 6.68. The van der Waals surface area contributed by atoms with Gasteiger partial charge in [0.1, 0.15) is 0 Å². The van der Waals surface area contributed by atoms with Gasteiger partial charge < -0.3 is 9.84 Å². The Bertz CT molecular complexity index is 387. The number of carboxylic acid groups (broad SMARTS) is 1. The van der Waals surface area contributed by atoms with Gasteiger partial charge in [0.15, 0.2) is 0 Å². The van der Waals surface area contributed by atoms with Gasteiger partial charge in [0.2, 0.25) is 0 Å². The molecule has 1 aromatic rings. The number of hydrogen-bond donors (Lipinski definition) is 1. The SMILES string of the molecule is Cc1cc(C(=O)O)c2c(n1)CCOC2. The van der Waals surface area contributed by atoms with E-state index in [2.05, 4.69) is 4.98 Å². The third-order valence-electron chi connectivity index (χ3n) is 2.30. The number of hydrogen-bond acceptors (Lipinski definition) is 3. The first-order valence-corrected chi connectivity index (χ1v) is 4.49. The van der Waals surface area contributed by atoms with Crippen LogP contribution in [0.4, 0.5) is 0 Å². The van der Waals surface area contributed by atoms with Crippen LogP contribution in [-0.2, 0) is 17.8 Å². The molecule has 0 fully saturated rings. The van der Waals surface area contributed by atoms with Gasteiger partial charge in [0.05, 0.1) is 18.8 Å². The summed E-state index contributed by atoms with van der Waals surface area (Å²) in [7, 11) is 0. The second-order valence-corrected chi connectivity index (χ2v) is 3.34. The van der Waals surface area contributed by atoms with Crippen molar-refractivity contribution in [1.82, 2.24) is 4.98 Å². The fourth-order valence-electron chi connectivity index (χ4n) is 1.67. The maximum absolute atomic E-state index is 10.9. The molecule has 0 bridgehead atoms. The molecule has 1 N–H and O–H groups in total. The predicted molar refractivity (Wildman–Crippen MR) is 49.3 cm³/mol. The topological polar surface area (TPSA) is 59.4 Å². The number of aromatic nitrogens is 1. The lowest BCUT2D eigenvalue weighted by Gasteiger charge is -2.17. The quantitative estimate of drug-likeness (QED) is 0.727. The first-order valence-electron chi connectivity index (χ1n) is 4.49. The van der Waals surface area contributed by atoms with Gasteiger partial charge in [0.25, 0.3) is 0 Å². The maximum Gasteiger partial charge on any atom is 0.336 e. The van der Waals surface area contributed by atoms with Crippen LogP contribution in [0.1, 0.15) is 27.3 Å². The van der Waals surface area contributed by atoms with E-state index in [0.717, 1.165) is 17.0 Å². The molecule has 0 saturated carbocycles. The van der Waals surface area contributed by atoms with Crippen LogP contribution in [0.5, 0.6) is 0 Å². The molecule has 1 aliphatic heterocycles. The summed E-state index contributed by atoms with van der Waals surface area (Å²) in [6.45, 7) is 2.80. The van der Waals surface area contributed by atoms with Gasteiger partial charge in [-0.05, 0) is 13.0 Å². The van der Waals surface area contributed by atoms with Gasteiger partial charge in [-0.15, -0.1) is 0 Å². The lowest BCUT2D eigenvalue weighted by atomic mass is 10.0. The molecule has 0 aromatic carbocycles. The number of rotatable bonds is 1. The lowest BCUT2D eigenvalue weighted by molar-refractivity contribution is 0.0680. The van der Waals surface area contributed by atoms with Crippen molar-refractivity contribution >= 4 is 5.97 Å². The Morgan fingerprint density at radius 3 is 3.14 bits per heavy atom. The lowest BCUT2D eigenvalue weighted by Crippen LogP contribution is -2.17. The second kappa shape index (κ2) is 3.38. The molecule has 0 unspecified atom stereocenters. The standard InChI is InChI=1S/C10H11NO3/c1-6-4-7(10(12)13)8-5-14-3-2-9(8)11-6/h4H,2-3,5H2,1H3,(H,12,13). The summed E-state index contributed by atoms with van der Waals surface area (Å²) >= 11 is 0. The van der Waals surface area contributed by atoms with Crippen LogP contribution in [0.15, 0.2) is 6.07 Å². The molecule has 1 aromatic heterocycles. The Labute approximate surface area is 81.5 Å². The van der Waals surface area contributed by atoms with Gasteiger partial charge >= 0.3 is 5.97 Å². The fraction of sp³-hybridized carbons (Fsp3) is 0.400. The van der Waals surface area contributed by atoms with E-state index in [1.54, 1.807) is 6.07 Å². The monoisotopic (exact) mass is 193 g/mol. The Morgan fingerprint density at radius 1 is 1.64 bits per heavy atom. The zero-order valence-corrected chi connectivity index (χ0v) is 7.91. The predicted octanol–water partition coefficient (Wildman–Crippen LogP) is 1.16. The Hall–Kier alpha value is -1.42. The molecule has 74 valence electrons. The van der Waals surface area contributed by atoms with E-state index < -0.39 is 5.97 Å². The van der Waals surface area contributed by atoms with E-state index in [4.69, 9.17) is 9.84 Å². The first kappa shape index (κ1) is 9.15. The highest BCUT2D eigenvalue weighted by atomic mass is 16.5. The summed E-state index contributed by atoms with van der Waals surface area (Å²) in [6, 6.07) is 1.59. The van der Waals surface area contributed by atoms with E-state index in [9.17, 15) is 4.79 Å². The van der Waals surface area contributed by atoms with Crippen molar-refractivity contribution in [3.8, 4) is 0 Å². The van der Waals surface area contributed by atoms with Gasteiger partial charge in [-0.25, -0.2) is 4.79 Å². The largest absolute Gasteiger partial charge is 0.478 e. The third kappa shape index (κ3) is 1.48. The van der Waals surface area contributed by atoms with Gasteiger partial charge in [-0.3, -0.25) is 4.98 Å². The smallest absolute Gasteiger partial charge is 0.336 e. The van der Waals surface area contributed by atoms with Crippen molar-refractivity contribution < 1.29 is 14.6 Å². The molecular formula is C10H11NO3. The molecule has 2 heterocycles. The molecular weight excluding hydrogens is 182 g/mol. The number of aryl methyl sites for hydroxylation is 1. The normalized spacial score (nSPS) is 14.9. The van der Waals surface area contributed by atoms with Crippen molar-refractivity contribution in [2.24, 2.45) is 0 Å². The molecule has 14 heavy (non-hydrogen) atoms. The van der Waals surface area contributed by atoms with Crippen LogP contribution >= 0.6 is 0 Å². The Morgan fingerprint density at radius 2 is 2.43 bits per heavy atom. The van der Waals surface area contributed by atoms with Crippen molar-refractivity contribution in [2.45, 2.75) is 20.0 Å². The zero-order valence-electron chi connectivity index (χ0n) is 7.91. The average Bonchev–Trinajstić information content (AvgIpc) is 2.16. The van der Waals surface area contributed by atoms with Gasteiger partial charge in [0, 0.05) is 23.4 Å². The minimum atomic E-state index is -0.905. The summed E-state index contributed by atoms with van der Waals surface area (Å²) in [6.07, 6.45) is 0.706. The molecule has 0 radical (unpaired) electrons. The van der Waals surface area contributed by atoms with E-state index in [-0.39, 0.29) is 0 Å². The van der Waals surface area contributed by atoms with Crippen LogP contribution in [0.25, 0.3) is 0 Å². The molecule has 0 atom stereocenters. The van der Waals surface area contributed by atoms with E-state index in [0.29, 0.717) is 25.2 Å². The number of carboxylic acids is 1. The minimum absolute atomic E-state index is 0.326. The number of carbonyl (C=O) groups is 1. The van der Waals surface area contributed by atoms with Crippen molar-refractivity contribution in [1.29, 1.82) is 0 Å². The van der Waals surface area contributed by atoms with Crippen LogP contribution < -0.4 is 0 Å². The summed E-state index contributed by atoms with van der Waals surface area (Å²) in [5.41, 5.74) is 2.68. The highest BCUT2D eigenvalue weighted by molar-refractivity contribution is 5.89. The number of fused-ring (bicyclic) bond motifs is 1. The maximum atomic E-state index is 10.9. The second-order valence-electron chi connectivity index (χ2n) is 3.34. The van der Waals surface area contributed by atoms with Crippen molar-refractivity contribution in [3.63, 3.8) is 0 Å². The molecule has 2 rings (SSSR count). The molecule has 4 heteroatoms. The molecule has 0 saturated heterocycles. The molecule has 0 aliphatic carbocycles.